The Morgan fingerprint density at radius 3 is 0.714 bits per heavy atom. The van der Waals surface area contributed by atoms with Crippen molar-refractivity contribution in [3.63, 3.8) is 0 Å². The topological polar surface area (TPSA) is 78.9 Å². The van der Waals surface area contributed by atoms with Crippen LogP contribution in [0.25, 0.3) is 0 Å². The van der Waals surface area contributed by atoms with E-state index in [0.717, 1.165) is 70.6 Å². The van der Waals surface area contributed by atoms with Crippen molar-refractivity contribution < 1.29 is 28.6 Å². The molecule has 0 aromatic heterocycles. The molecule has 0 bridgehead atoms. The summed E-state index contributed by atoms with van der Waals surface area (Å²) in [4.78, 5) is 38.2. The second kappa shape index (κ2) is 59.5. The highest BCUT2D eigenvalue weighted by atomic mass is 16.6. The molecule has 0 spiro atoms. The number of unbranched alkanes of at least 4 members (excludes halogenated alkanes) is 43. The lowest BCUT2D eigenvalue weighted by Gasteiger charge is -2.18. The van der Waals surface area contributed by atoms with Crippen LogP contribution < -0.4 is 0 Å². The molecule has 1 unspecified atom stereocenters. The largest absolute Gasteiger partial charge is 0.462 e. The molecule has 0 rings (SSSR count). The average molecular weight is 986 g/mol. The predicted molar refractivity (Wildman–Crippen MR) is 303 cm³/mol. The van der Waals surface area contributed by atoms with Gasteiger partial charge in [-0.2, -0.15) is 0 Å². The first-order valence-corrected chi connectivity index (χ1v) is 31.3. The number of allylic oxidation sites excluding steroid dienone is 4. The molecule has 0 saturated carbocycles. The van der Waals surface area contributed by atoms with Gasteiger partial charge in [-0.05, 0) is 70.6 Å². The molecule has 1 atom stereocenters. The number of esters is 3. The fourth-order valence-corrected chi connectivity index (χ4v) is 9.44. The third-order valence-electron chi connectivity index (χ3n) is 14.2. The van der Waals surface area contributed by atoms with E-state index in [4.69, 9.17) is 14.2 Å². The van der Waals surface area contributed by atoms with Gasteiger partial charge in [-0.25, -0.2) is 0 Å². The number of carbonyl (C=O) groups excluding carboxylic acids is 3. The van der Waals surface area contributed by atoms with Crippen molar-refractivity contribution in [3.8, 4) is 0 Å². The number of ether oxygens (including phenoxy) is 3. The maximum absolute atomic E-state index is 12.9. The van der Waals surface area contributed by atoms with Gasteiger partial charge in [0.15, 0.2) is 6.10 Å². The molecule has 0 aliphatic carbocycles. The monoisotopic (exact) mass is 985 g/mol. The third-order valence-corrected chi connectivity index (χ3v) is 14.2. The van der Waals surface area contributed by atoms with Crippen LogP contribution in [0.4, 0.5) is 0 Å². The van der Waals surface area contributed by atoms with E-state index in [1.165, 1.54) is 238 Å². The van der Waals surface area contributed by atoms with Gasteiger partial charge in [-0.1, -0.05) is 283 Å². The molecule has 0 N–H and O–H groups in total. The summed E-state index contributed by atoms with van der Waals surface area (Å²) in [7, 11) is 0. The van der Waals surface area contributed by atoms with Crippen LogP contribution in [-0.4, -0.2) is 37.2 Å². The van der Waals surface area contributed by atoms with Gasteiger partial charge in [0, 0.05) is 19.3 Å². The van der Waals surface area contributed by atoms with E-state index in [9.17, 15) is 14.4 Å². The molecular formula is C64H120O6. The maximum atomic E-state index is 12.9. The Hall–Kier alpha value is -2.11. The second-order valence-electron chi connectivity index (χ2n) is 21.3. The van der Waals surface area contributed by atoms with E-state index < -0.39 is 6.10 Å². The zero-order chi connectivity index (χ0) is 50.7. The van der Waals surface area contributed by atoms with Crippen molar-refractivity contribution in [2.75, 3.05) is 13.2 Å². The molecule has 6 nitrogen and oxygen atoms in total. The van der Waals surface area contributed by atoms with Gasteiger partial charge in [-0.15, -0.1) is 0 Å². The van der Waals surface area contributed by atoms with Gasteiger partial charge in [0.2, 0.25) is 0 Å². The van der Waals surface area contributed by atoms with Crippen molar-refractivity contribution in [1.82, 2.24) is 0 Å². The summed E-state index contributed by atoms with van der Waals surface area (Å²) in [6, 6.07) is 0. The van der Waals surface area contributed by atoms with Crippen LogP contribution in [0.3, 0.4) is 0 Å². The third kappa shape index (κ3) is 56.8. The predicted octanol–water partition coefficient (Wildman–Crippen LogP) is 21.1. The van der Waals surface area contributed by atoms with E-state index >= 15 is 0 Å². The molecule has 0 aliphatic heterocycles. The zero-order valence-corrected chi connectivity index (χ0v) is 47.3. The summed E-state index contributed by atoms with van der Waals surface area (Å²) >= 11 is 0. The van der Waals surface area contributed by atoms with Gasteiger partial charge in [0.1, 0.15) is 13.2 Å². The molecule has 0 amide bonds. The van der Waals surface area contributed by atoms with Gasteiger partial charge in [0.25, 0.3) is 0 Å². The molecule has 0 heterocycles. The molecular weight excluding hydrogens is 865 g/mol. The first-order chi connectivity index (χ1) is 34.5. The van der Waals surface area contributed by atoms with Gasteiger partial charge >= 0.3 is 17.9 Å². The number of rotatable bonds is 58. The first kappa shape index (κ1) is 67.9. The van der Waals surface area contributed by atoms with Crippen molar-refractivity contribution in [2.45, 2.75) is 354 Å². The molecule has 0 aromatic rings. The fraction of sp³-hybridized carbons (Fsp3) is 0.891. The Bertz CT molecular complexity index is 1130. The lowest BCUT2D eigenvalue weighted by Crippen LogP contribution is -2.30. The van der Waals surface area contributed by atoms with Gasteiger partial charge in [-0.3, -0.25) is 14.4 Å². The standard InChI is InChI=1S/C64H120O6/c1-4-7-10-13-16-19-22-25-28-30-31-32-33-34-37-39-42-45-48-51-54-57-63(66)69-60-61(59-68-62(65)56-53-50-47-44-41-38-35-27-24-21-18-15-12-9-6-3)70-64(67)58-55-52-49-46-43-40-36-29-26-23-20-17-14-11-8-5-2/h27,29,35-36,61H,4-26,28,30-34,37-60H2,1-3H3/b35-27-,36-29-. The highest BCUT2D eigenvalue weighted by molar-refractivity contribution is 5.71. The summed E-state index contributed by atoms with van der Waals surface area (Å²) in [5.41, 5.74) is 0. The molecule has 0 radical (unpaired) electrons. The van der Waals surface area contributed by atoms with Crippen LogP contribution in [0.1, 0.15) is 348 Å². The van der Waals surface area contributed by atoms with E-state index in [1.54, 1.807) is 0 Å². The molecule has 6 heteroatoms. The second-order valence-corrected chi connectivity index (χ2v) is 21.3. The Kier molecular flexibility index (Phi) is 57.7. The van der Waals surface area contributed by atoms with E-state index in [1.807, 2.05) is 0 Å². The maximum Gasteiger partial charge on any atom is 0.306 e. The summed E-state index contributed by atoms with van der Waals surface area (Å²) < 4.78 is 16.9. The van der Waals surface area contributed by atoms with Crippen LogP contribution in [0, 0.1) is 0 Å². The summed E-state index contributed by atoms with van der Waals surface area (Å²) in [6.45, 7) is 6.68. The molecule has 0 fully saturated rings. The number of hydrogen-bond donors (Lipinski definition) is 0. The van der Waals surface area contributed by atoms with Gasteiger partial charge < -0.3 is 14.2 Å². The number of hydrogen-bond acceptors (Lipinski definition) is 6. The first-order valence-electron chi connectivity index (χ1n) is 31.3. The molecule has 412 valence electrons. The van der Waals surface area contributed by atoms with Crippen molar-refractivity contribution in [2.24, 2.45) is 0 Å². The van der Waals surface area contributed by atoms with Crippen molar-refractivity contribution in [1.29, 1.82) is 0 Å². The molecule has 70 heavy (non-hydrogen) atoms. The average Bonchev–Trinajstić information content (AvgIpc) is 3.36. The van der Waals surface area contributed by atoms with Crippen LogP contribution in [0.15, 0.2) is 24.3 Å². The van der Waals surface area contributed by atoms with Crippen LogP contribution >= 0.6 is 0 Å². The van der Waals surface area contributed by atoms with Crippen LogP contribution in [0.2, 0.25) is 0 Å². The number of carbonyl (C=O) groups is 3. The Balaban J connectivity index is 4.30. The van der Waals surface area contributed by atoms with Crippen LogP contribution in [0.5, 0.6) is 0 Å². The van der Waals surface area contributed by atoms with E-state index in [-0.39, 0.29) is 31.1 Å². The SMILES string of the molecule is CCCCCCCC/C=C\CCCCCCCC(=O)OCC(COC(=O)CCCCCCCCCCCCCCCCCCCCCCC)OC(=O)CCCCCCC/C=C\CCCCCCCCC. The lowest BCUT2D eigenvalue weighted by molar-refractivity contribution is -0.167. The summed E-state index contributed by atoms with van der Waals surface area (Å²) in [6.07, 6.45) is 70.4. The highest BCUT2D eigenvalue weighted by Gasteiger charge is 2.19. The van der Waals surface area contributed by atoms with Crippen molar-refractivity contribution >= 4 is 17.9 Å². The quantitative estimate of drug-likeness (QED) is 0.0261. The molecule has 0 saturated heterocycles. The van der Waals surface area contributed by atoms with Gasteiger partial charge in [0.05, 0.1) is 0 Å². The molecule has 0 aliphatic rings. The Morgan fingerprint density at radius 2 is 0.471 bits per heavy atom. The van der Waals surface area contributed by atoms with Crippen molar-refractivity contribution in [3.05, 3.63) is 24.3 Å². The Morgan fingerprint density at radius 1 is 0.271 bits per heavy atom. The minimum absolute atomic E-state index is 0.0724. The smallest absolute Gasteiger partial charge is 0.306 e. The summed E-state index contributed by atoms with van der Waals surface area (Å²) in [5.74, 6) is -0.865. The lowest BCUT2D eigenvalue weighted by atomic mass is 10.0. The zero-order valence-electron chi connectivity index (χ0n) is 47.3. The van der Waals surface area contributed by atoms with E-state index in [0.29, 0.717) is 19.3 Å². The molecule has 0 aromatic carbocycles. The minimum atomic E-state index is -0.776. The van der Waals surface area contributed by atoms with E-state index in [2.05, 4.69) is 45.1 Å². The minimum Gasteiger partial charge on any atom is -0.462 e. The summed E-state index contributed by atoms with van der Waals surface area (Å²) in [5, 5.41) is 0. The Labute approximate surface area is 436 Å². The normalized spacial score (nSPS) is 12.1. The fourth-order valence-electron chi connectivity index (χ4n) is 9.44. The van der Waals surface area contributed by atoms with Crippen LogP contribution in [-0.2, 0) is 28.6 Å². The highest BCUT2D eigenvalue weighted by Crippen LogP contribution is 2.17.